The van der Waals surface area contributed by atoms with Gasteiger partial charge < -0.3 is 9.64 Å². The lowest BCUT2D eigenvalue weighted by Crippen LogP contribution is -2.42. The van der Waals surface area contributed by atoms with Gasteiger partial charge in [0, 0.05) is 18.3 Å². The van der Waals surface area contributed by atoms with E-state index in [4.69, 9.17) is 9.72 Å². The average Bonchev–Trinajstić information content (AvgIpc) is 3.32. The molecular formula is C22H25N3O4S2. The van der Waals surface area contributed by atoms with E-state index < -0.39 is 9.84 Å². The van der Waals surface area contributed by atoms with Gasteiger partial charge >= 0.3 is 0 Å². The van der Waals surface area contributed by atoms with E-state index in [-0.39, 0.29) is 29.2 Å². The molecule has 0 N–H and O–H groups in total. The van der Waals surface area contributed by atoms with Crippen molar-refractivity contribution in [1.82, 2.24) is 14.5 Å². The lowest BCUT2D eigenvalue weighted by molar-refractivity contribution is -0.129. The summed E-state index contributed by atoms with van der Waals surface area (Å²) >= 11 is 1.37. The van der Waals surface area contributed by atoms with Crippen molar-refractivity contribution in [2.75, 3.05) is 30.9 Å². The number of sulfone groups is 1. The van der Waals surface area contributed by atoms with Crippen molar-refractivity contribution in [1.29, 1.82) is 0 Å². The Bertz CT molecular complexity index is 1190. The number of amides is 1. The number of para-hydroxylation sites is 2. The Morgan fingerprint density at radius 1 is 1.23 bits per heavy atom. The monoisotopic (exact) mass is 459 g/mol. The van der Waals surface area contributed by atoms with Gasteiger partial charge in [0.25, 0.3) is 0 Å². The Morgan fingerprint density at radius 3 is 2.61 bits per heavy atom. The van der Waals surface area contributed by atoms with Gasteiger partial charge in [0.15, 0.2) is 15.0 Å². The molecule has 0 radical (unpaired) electrons. The number of aromatic nitrogens is 2. The van der Waals surface area contributed by atoms with Gasteiger partial charge in [-0.2, -0.15) is 0 Å². The van der Waals surface area contributed by atoms with E-state index in [9.17, 15) is 13.2 Å². The number of hydrogen-bond acceptors (Lipinski definition) is 6. The highest BCUT2D eigenvalue weighted by Gasteiger charge is 2.34. The number of imidazole rings is 1. The third-order valence-corrected chi connectivity index (χ3v) is 8.17. The molecule has 2 heterocycles. The van der Waals surface area contributed by atoms with Gasteiger partial charge in [-0.25, -0.2) is 13.4 Å². The maximum atomic E-state index is 12.9. The zero-order chi connectivity index (χ0) is 22.0. The second kappa shape index (κ2) is 8.92. The SMILES string of the molecule is CCN(C(=O)CSc1nc2ccccc2n1-c1ccc(OC)cc1)[C@@H]1CCS(=O)(=O)C1. The average molecular weight is 460 g/mol. The Balaban J connectivity index is 1.58. The van der Waals surface area contributed by atoms with Crippen LogP contribution in [0.15, 0.2) is 53.7 Å². The van der Waals surface area contributed by atoms with E-state index >= 15 is 0 Å². The molecule has 4 rings (SSSR count). The lowest BCUT2D eigenvalue weighted by atomic mass is 10.2. The van der Waals surface area contributed by atoms with E-state index in [0.717, 1.165) is 27.6 Å². The summed E-state index contributed by atoms with van der Waals surface area (Å²) in [5.41, 5.74) is 2.73. The van der Waals surface area contributed by atoms with Crippen molar-refractivity contribution in [2.45, 2.75) is 24.5 Å². The lowest BCUT2D eigenvalue weighted by Gasteiger charge is -2.26. The maximum Gasteiger partial charge on any atom is 0.233 e. The van der Waals surface area contributed by atoms with Crippen molar-refractivity contribution in [2.24, 2.45) is 0 Å². The fourth-order valence-corrected chi connectivity index (χ4v) is 6.59. The number of benzene rings is 2. The minimum atomic E-state index is -3.04. The van der Waals surface area contributed by atoms with Crippen LogP contribution in [0.5, 0.6) is 5.75 Å². The first-order chi connectivity index (χ1) is 14.9. The van der Waals surface area contributed by atoms with Gasteiger partial charge in [-0.15, -0.1) is 0 Å². The van der Waals surface area contributed by atoms with Crippen molar-refractivity contribution in [3.05, 3.63) is 48.5 Å². The zero-order valence-electron chi connectivity index (χ0n) is 17.5. The van der Waals surface area contributed by atoms with Gasteiger partial charge in [0.1, 0.15) is 5.75 Å². The number of fused-ring (bicyclic) bond motifs is 1. The highest BCUT2D eigenvalue weighted by Crippen LogP contribution is 2.29. The van der Waals surface area contributed by atoms with E-state index in [1.54, 1.807) is 12.0 Å². The molecule has 2 aromatic carbocycles. The molecule has 1 aliphatic rings. The van der Waals surface area contributed by atoms with Crippen molar-refractivity contribution < 1.29 is 17.9 Å². The Labute approximate surface area is 186 Å². The number of methoxy groups -OCH3 is 1. The first-order valence-corrected chi connectivity index (χ1v) is 13.0. The topological polar surface area (TPSA) is 81.5 Å². The number of rotatable bonds is 7. The molecule has 164 valence electrons. The highest BCUT2D eigenvalue weighted by atomic mass is 32.2. The first kappa shape index (κ1) is 21.7. The maximum absolute atomic E-state index is 12.9. The zero-order valence-corrected chi connectivity index (χ0v) is 19.2. The van der Waals surface area contributed by atoms with Gasteiger partial charge in [0.05, 0.1) is 35.4 Å². The Morgan fingerprint density at radius 2 is 1.97 bits per heavy atom. The number of carbonyl (C=O) groups is 1. The summed E-state index contributed by atoms with van der Waals surface area (Å²) in [4.78, 5) is 19.4. The normalized spacial score (nSPS) is 17.7. The van der Waals surface area contributed by atoms with Crippen LogP contribution < -0.4 is 4.74 Å². The fourth-order valence-electron chi connectivity index (χ4n) is 3.95. The molecule has 1 amide bonds. The summed E-state index contributed by atoms with van der Waals surface area (Å²) in [6.45, 7) is 2.38. The molecule has 0 spiro atoms. The number of hydrogen-bond donors (Lipinski definition) is 0. The molecule has 3 aromatic rings. The summed E-state index contributed by atoms with van der Waals surface area (Å²) < 4.78 is 31.0. The standard InChI is InChI=1S/C22H25N3O4S2/c1-3-24(17-12-13-31(27,28)15-17)21(26)14-30-22-23-19-6-4-5-7-20(19)25(22)16-8-10-18(29-2)11-9-16/h4-11,17H,3,12-15H2,1-2H3/t17-/m1/s1. The molecule has 1 atom stereocenters. The Hall–Kier alpha value is -2.52. The fraction of sp³-hybridized carbons (Fsp3) is 0.364. The van der Waals surface area contributed by atoms with Crippen LogP contribution >= 0.6 is 11.8 Å². The smallest absolute Gasteiger partial charge is 0.233 e. The molecule has 0 unspecified atom stereocenters. The largest absolute Gasteiger partial charge is 0.497 e. The third-order valence-electron chi connectivity index (χ3n) is 5.50. The summed E-state index contributed by atoms with van der Waals surface area (Å²) in [5, 5.41) is 0.717. The molecule has 0 saturated carbocycles. The molecular weight excluding hydrogens is 434 g/mol. The summed E-state index contributed by atoms with van der Waals surface area (Å²) in [5.74, 6) is 1.11. The molecule has 9 heteroatoms. The molecule has 0 bridgehead atoms. The number of carbonyl (C=O) groups excluding carboxylic acids is 1. The minimum Gasteiger partial charge on any atom is -0.497 e. The van der Waals surface area contributed by atoms with E-state index in [0.29, 0.717) is 13.0 Å². The number of nitrogens with zero attached hydrogens (tertiary/aromatic N) is 3. The summed E-state index contributed by atoms with van der Waals surface area (Å²) in [6, 6.07) is 15.3. The van der Waals surface area contributed by atoms with E-state index in [2.05, 4.69) is 0 Å². The molecule has 7 nitrogen and oxygen atoms in total. The second-order valence-electron chi connectivity index (χ2n) is 7.44. The van der Waals surface area contributed by atoms with Crippen LogP contribution in [0.1, 0.15) is 13.3 Å². The van der Waals surface area contributed by atoms with Crippen LogP contribution in [0.25, 0.3) is 16.7 Å². The van der Waals surface area contributed by atoms with Crippen molar-refractivity contribution in [3.63, 3.8) is 0 Å². The number of ether oxygens (including phenoxy) is 1. The minimum absolute atomic E-state index is 0.0572. The summed E-state index contributed by atoms with van der Waals surface area (Å²) in [6.07, 6.45) is 0.511. The van der Waals surface area contributed by atoms with Crippen LogP contribution in [-0.4, -0.2) is 65.7 Å². The van der Waals surface area contributed by atoms with Gasteiger partial charge in [-0.05, 0) is 49.7 Å². The number of thioether (sulfide) groups is 1. The van der Waals surface area contributed by atoms with Gasteiger partial charge in [0.2, 0.25) is 5.91 Å². The van der Waals surface area contributed by atoms with Crippen LogP contribution in [-0.2, 0) is 14.6 Å². The van der Waals surface area contributed by atoms with Crippen molar-refractivity contribution >= 4 is 38.5 Å². The molecule has 1 fully saturated rings. The molecule has 31 heavy (non-hydrogen) atoms. The molecule has 1 saturated heterocycles. The predicted molar refractivity (Wildman–Crippen MR) is 123 cm³/mol. The van der Waals surface area contributed by atoms with E-state index in [1.807, 2.05) is 60.0 Å². The Kier molecular flexibility index (Phi) is 6.24. The first-order valence-electron chi connectivity index (χ1n) is 10.2. The van der Waals surface area contributed by atoms with Crippen LogP contribution in [0, 0.1) is 0 Å². The summed E-state index contributed by atoms with van der Waals surface area (Å²) in [7, 11) is -1.42. The highest BCUT2D eigenvalue weighted by molar-refractivity contribution is 7.99. The predicted octanol–water partition coefficient (Wildman–Crippen LogP) is 3.16. The van der Waals surface area contributed by atoms with Crippen molar-refractivity contribution in [3.8, 4) is 11.4 Å². The molecule has 0 aliphatic carbocycles. The molecule has 1 aromatic heterocycles. The van der Waals surface area contributed by atoms with Crippen LogP contribution in [0.3, 0.4) is 0 Å². The van der Waals surface area contributed by atoms with Crippen LogP contribution in [0.4, 0.5) is 0 Å². The quantitative estimate of drug-likeness (QED) is 0.505. The van der Waals surface area contributed by atoms with Gasteiger partial charge in [-0.3, -0.25) is 9.36 Å². The van der Waals surface area contributed by atoms with Gasteiger partial charge in [-0.1, -0.05) is 23.9 Å². The molecule has 1 aliphatic heterocycles. The van der Waals surface area contributed by atoms with Crippen LogP contribution in [0.2, 0.25) is 0 Å². The second-order valence-corrected chi connectivity index (χ2v) is 10.6. The third kappa shape index (κ3) is 4.57. The van der Waals surface area contributed by atoms with E-state index in [1.165, 1.54) is 11.8 Å².